The molecular formula is C15H8BrF2NOS. The summed E-state index contributed by atoms with van der Waals surface area (Å²) >= 11 is 4.33. The average Bonchev–Trinajstić information content (AvgIpc) is 2.79. The van der Waals surface area contributed by atoms with Gasteiger partial charge in [-0.25, -0.2) is 13.8 Å². The van der Waals surface area contributed by atoms with Gasteiger partial charge in [0.05, 0.1) is 22.2 Å². The molecule has 1 aromatic heterocycles. The molecule has 0 aliphatic heterocycles. The number of benzene rings is 2. The maximum Gasteiger partial charge on any atom is 0.175 e. The van der Waals surface area contributed by atoms with Crippen molar-refractivity contribution < 1.29 is 13.6 Å². The molecule has 0 fully saturated rings. The van der Waals surface area contributed by atoms with Crippen LogP contribution < -0.4 is 0 Å². The van der Waals surface area contributed by atoms with Crippen LogP contribution in [0.5, 0.6) is 0 Å². The molecule has 6 heteroatoms. The lowest BCUT2D eigenvalue weighted by molar-refractivity contribution is 0.0985. The minimum Gasteiger partial charge on any atom is -0.293 e. The summed E-state index contributed by atoms with van der Waals surface area (Å²) in [6, 6.07) is 9.60. The molecule has 0 atom stereocenters. The van der Waals surface area contributed by atoms with Crippen LogP contribution in [0.2, 0.25) is 0 Å². The number of rotatable bonds is 3. The highest BCUT2D eigenvalue weighted by molar-refractivity contribution is 9.10. The maximum atomic E-state index is 13.8. The SMILES string of the molecule is O=C(Cc1nc2ccccc2s1)c1c(F)cc(Br)cc1F. The summed E-state index contributed by atoms with van der Waals surface area (Å²) < 4.78 is 28.7. The fourth-order valence-electron chi connectivity index (χ4n) is 2.03. The molecule has 3 rings (SSSR count). The van der Waals surface area contributed by atoms with E-state index in [9.17, 15) is 13.6 Å². The zero-order valence-corrected chi connectivity index (χ0v) is 13.0. The monoisotopic (exact) mass is 367 g/mol. The fourth-order valence-corrected chi connectivity index (χ4v) is 3.40. The van der Waals surface area contributed by atoms with Crippen molar-refractivity contribution in [2.45, 2.75) is 6.42 Å². The van der Waals surface area contributed by atoms with Gasteiger partial charge in [0.2, 0.25) is 0 Å². The number of carbonyl (C=O) groups is 1. The summed E-state index contributed by atoms with van der Waals surface area (Å²) in [7, 11) is 0. The number of aromatic nitrogens is 1. The number of Topliss-reactive ketones (excluding diaryl/α,β-unsaturated/α-hetero) is 1. The Morgan fingerprint density at radius 1 is 1.19 bits per heavy atom. The zero-order valence-electron chi connectivity index (χ0n) is 10.6. The lowest BCUT2D eigenvalue weighted by Crippen LogP contribution is -2.09. The third-order valence-corrected chi connectivity index (χ3v) is 4.43. The van der Waals surface area contributed by atoms with E-state index >= 15 is 0 Å². The Labute approximate surface area is 131 Å². The van der Waals surface area contributed by atoms with Gasteiger partial charge >= 0.3 is 0 Å². The number of hydrogen-bond donors (Lipinski definition) is 0. The molecule has 0 N–H and O–H groups in total. The van der Waals surface area contributed by atoms with Gasteiger partial charge in [-0.1, -0.05) is 28.1 Å². The molecule has 21 heavy (non-hydrogen) atoms. The minimum atomic E-state index is -0.868. The van der Waals surface area contributed by atoms with Crippen LogP contribution >= 0.6 is 27.3 Å². The Bertz CT molecular complexity index is 791. The molecule has 3 aromatic rings. The van der Waals surface area contributed by atoms with E-state index < -0.39 is 23.0 Å². The van der Waals surface area contributed by atoms with Gasteiger partial charge in [-0.15, -0.1) is 11.3 Å². The Morgan fingerprint density at radius 3 is 2.52 bits per heavy atom. The minimum absolute atomic E-state index is 0.116. The van der Waals surface area contributed by atoms with Crippen LogP contribution in [0.15, 0.2) is 40.9 Å². The van der Waals surface area contributed by atoms with Crippen LogP contribution in [0.4, 0.5) is 8.78 Å². The highest BCUT2D eigenvalue weighted by Gasteiger charge is 2.20. The Kier molecular flexibility index (Phi) is 3.82. The summed E-state index contributed by atoms with van der Waals surface area (Å²) in [5, 5.41) is 0.544. The lowest BCUT2D eigenvalue weighted by Gasteiger charge is -2.03. The van der Waals surface area contributed by atoms with E-state index in [1.54, 1.807) is 0 Å². The normalized spacial score (nSPS) is 11.0. The standard InChI is InChI=1S/C15H8BrF2NOS/c16-8-5-9(17)15(10(18)6-8)12(20)7-14-19-11-3-1-2-4-13(11)21-14/h1-6H,7H2. The first-order valence-electron chi connectivity index (χ1n) is 6.07. The van der Waals surface area contributed by atoms with Gasteiger partial charge in [0.25, 0.3) is 0 Å². The second kappa shape index (κ2) is 5.61. The third kappa shape index (κ3) is 2.87. The largest absolute Gasteiger partial charge is 0.293 e. The van der Waals surface area contributed by atoms with Crippen molar-refractivity contribution in [1.29, 1.82) is 0 Å². The number of para-hydroxylation sites is 1. The van der Waals surface area contributed by atoms with E-state index in [-0.39, 0.29) is 10.9 Å². The molecule has 0 radical (unpaired) electrons. The van der Waals surface area contributed by atoms with E-state index in [0.29, 0.717) is 5.01 Å². The predicted octanol–water partition coefficient (Wildman–Crippen LogP) is 4.76. The van der Waals surface area contributed by atoms with Crippen LogP contribution in [-0.2, 0) is 6.42 Å². The summed E-state index contributed by atoms with van der Waals surface area (Å²) in [4.78, 5) is 16.4. The van der Waals surface area contributed by atoms with Crippen molar-refractivity contribution >= 4 is 43.3 Å². The molecule has 0 spiro atoms. The van der Waals surface area contributed by atoms with E-state index in [2.05, 4.69) is 20.9 Å². The van der Waals surface area contributed by atoms with Crippen molar-refractivity contribution in [3.63, 3.8) is 0 Å². The molecule has 1 heterocycles. The zero-order chi connectivity index (χ0) is 15.0. The van der Waals surface area contributed by atoms with E-state index in [0.717, 1.165) is 22.3 Å². The average molecular weight is 368 g/mol. The topological polar surface area (TPSA) is 30.0 Å². The summed E-state index contributed by atoms with van der Waals surface area (Å²) in [5.41, 5.74) is 0.263. The van der Waals surface area contributed by atoms with Crippen LogP contribution in [0.25, 0.3) is 10.2 Å². The number of nitrogens with zero attached hydrogens (tertiary/aromatic N) is 1. The molecule has 2 aromatic carbocycles. The molecule has 0 saturated heterocycles. The molecule has 0 amide bonds. The number of fused-ring (bicyclic) bond motifs is 1. The smallest absolute Gasteiger partial charge is 0.175 e. The molecule has 0 saturated carbocycles. The first kappa shape index (κ1) is 14.3. The molecule has 106 valence electrons. The van der Waals surface area contributed by atoms with Gasteiger partial charge in [-0.2, -0.15) is 0 Å². The van der Waals surface area contributed by atoms with E-state index in [4.69, 9.17) is 0 Å². The Hall–Kier alpha value is -1.66. The second-order valence-electron chi connectivity index (χ2n) is 4.42. The second-order valence-corrected chi connectivity index (χ2v) is 6.45. The fraction of sp³-hybridized carbons (Fsp3) is 0.0667. The Morgan fingerprint density at radius 2 is 1.86 bits per heavy atom. The number of halogens is 3. The van der Waals surface area contributed by atoms with E-state index in [1.807, 2.05) is 24.3 Å². The van der Waals surface area contributed by atoms with Crippen LogP contribution in [-0.4, -0.2) is 10.8 Å². The molecular weight excluding hydrogens is 360 g/mol. The molecule has 0 unspecified atom stereocenters. The van der Waals surface area contributed by atoms with Crippen LogP contribution in [0, 0.1) is 11.6 Å². The van der Waals surface area contributed by atoms with Crippen molar-refractivity contribution in [1.82, 2.24) is 4.98 Å². The van der Waals surface area contributed by atoms with Gasteiger partial charge in [-0.05, 0) is 24.3 Å². The molecule has 0 bridgehead atoms. The molecule has 2 nitrogen and oxygen atoms in total. The van der Waals surface area contributed by atoms with Gasteiger partial charge in [0.1, 0.15) is 16.6 Å². The van der Waals surface area contributed by atoms with Crippen molar-refractivity contribution in [2.24, 2.45) is 0 Å². The highest BCUT2D eigenvalue weighted by atomic mass is 79.9. The quantitative estimate of drug-likeness (QED) is 0.624. The summed E-state index contributed by atoms with van der Waals surface area (Å²) in [6.45, 7) is 0. The first-order chi connectivity index (χ1) is 10.0. The van der Waals surface area contributed by atoms with Crippen molar-refractivity contribution in [2.75, 3.05) is 0 Å². The summed E-state index contributed by atoms with van der Waals surface area (Å²) in [6.07, 6.45) is -0.116. The van der Waals surface area contributed by atoms with Crippen LogP contribution in [0.3, 0.4) is 0 Å². The number of hydrogen-bond acceptors (Lipinski definition) is 3. The molecule has 0 aliphatic carbocycles. The van der Waals surface area contributed by atoms with E-state index in [1.165, 1.54) is 11.3 Å². The number of ketones is 1. The molecule has 0 aliphatic rings. The predicted molar refractivity (Wildman–Crippen MR) is 81.7 cm³/mol. The number of thiazole rings is 1. The van der Waals surface area contributed by atoms with Gasteiger partial charge < -0.3 is 0 Å². The summed E-state index contributed by atoms with van der Waals surface area (Å²) in [5.74, 6) is -2.35. The first-order valence-corrected chi connectivity index (χ1v) is 7.68. The third-order valence-electron chi connectivity index (χ3n) is 2.94. The van der Waals surface area contributed by atoms with Crippen molar-refractivity contribution in [3.05, 3.63) is 63.1 Å². The van der Waals surface area contributed by atoms with Gasteiger partial charge in [0, 0.05) is 4.47 Å². The maximum absolute atomic E-state index is 13.8. The Balaban J connectivity index is 1.93. The number of carbonyl (C=O) groups excluding carboxylic acids is 1. The highest BCUT2D eigenvalue weighted by Crippen LogP contribution is 2.25. The van der Waals surface area contributed by atoms with Gasteiger partial charge in [0.15, 0.2) is 5.78 Å². The van der Waals surface area contributed by atoms with Crippen molar-refractivity contribution in [3.8, 4) is 0 Å². The van der Waals surface area contributed by atoms with Gasteiger partial charge in [-0.3, -0.25) is 4.79 Å². The van der Waals surface area contributed by atoms with Crippen LogP contribution in [0.1, 0.15) is 15.4 Å². The lowest BCUT2D eigenvalue weighted by atomic mass is 10.1.